The van der Waals surface area contributed by atoms with Crippen molar-refractivity contribution in [3.8, 4) is 16.9 Å². The Hall–Kier alpha value is -4.86. The molecular formula is C42H54N2O8. The quantitative estimate of drug-likeness (QED) is 0.0738. The van der Waals surface area contributed by atoms with Crippen LogP contribution in [-0.4, -0.2) is 60.4 Å². The van der Waals surface area contributed by atoms with Crippen molar-refractivity contribution in [3.05, 3.63) is 89.5 Å². The molecule has 10 nitrogen and oxygen atoms in total. The fourth-order valence-corrected chi connectivity index (χ4v) is 6.33. The van der Waals surface area contributed by atoms with Gasteiger partial charge in [-0.25, -0.2) is 14.4 Å². The van der Waals surface area contributed by atoms with Crippen LogP contribution in [0.15, 0.2) is 72.8 Å². The molecule has 1 atom stereocenters. The molecule has 0 unspecified atom stereocenters. The molecule has 3 aromatic rings. The van der Waals surface area contributed by atoms with Gasteiger partial charge in [-0.15, -0.1) is 0 Å². The number of unbranched alkanes of at least 4 members (excludes halogenated alkanes) is 8. The molecule has 1 aliphatic carbocycles. The zero-order valence-corrected chi connectivity index (χ0v) is 30.8. The number of fused-ring (bicyclic) bond motifs is 3. The van der Waals surface area contributed by atoms with E-state index in [1.165, 1.54) is 0 Å². The predicted octanol–water partition coefficient (Wildman–Crippen LogP) is 8.42. The number of carbonyl (C=O) groups is 4. The number of carboxylic acid groups (broad SMARTS) is 1. The Morgan fingerprint density at radius 2 is 1.31 bits per heavy atom. The van der Waals surface area contributed by atoms with Gasteiger partial charge >= 0.3 is 18.0 Å². The number of ether oxygens (including phenoxy) is 3. The summed E-state index contributed by atoms with van der Waals surface area (Å²) in [4.78, 5) is 48.8. The second kappa shape index (κ2) is 20.2. The van der Waals surface area contributed by atoms with Crippen LogP contribution in [0.5, 0.6) is 5.75 Å². The number of hydrogen-bond donors (Lipinski definition) is 3. The summed E-state index contributed by atoms with van der Waals surface area (Å²) in [6.45, 7) is 6.39. The van der Waals surface area contributed by atoms with Crippen LogP contribution in [0.4, 0.5) is 4.79 Å². The molecule has 0 bridgehead atoms. The number of aliphatic carboxylic acids is 1. The first-order chi connectivity index (χ1) is 25.0. The Labute approximate surface area is 307 Å². The number of rotatable bonds is 21. The third-order valence-corrected chi connectivity index (χ3v) is 8.99. The summed E-state index contributed by atoms with van der Waals surface area (Å²) < 4.78 is 16.7. The van der Waals surface area contributed by atoms with Gasteiger partial charge in [0.15, 0.2) is 0 Å². The zero-order chi connectivity index (χ0) is 37.3. The lowest BCUT2D eigenvalue weighted by Gasteiger charge is -2.19. The molecule has 0 radical (unpaired) electrons. The van der Waals surface area contributed by atoms with Crippen molar-refractivity contribution >= 4 is 23.9 Å². The third-order valence-electron chi connectivity index (χ3n) is 8.99. The summed E-state index contributed by atoms with van der Waals surface area (Å²) in [5, 5.41) is 14.8. The van der Waals surface area contributed by atoms with Gasteiger partial charge in [0.05, 0.1) is 12.2 Å². The average Bonchev–Trinajstić information content (AvgIpc) is 3.43. The van der Waals surface area contributed by atoms with E-state index in [0.717, 1.165) is 79.4 Å². The Kier molecular flexibility index (Phi) is 15.5. The van der Waals surface area contributed by atoms with Crippen LogP contribution in [0.1, 0.15) is 119 Å². The van der Waals surface area contributed by atoms with Crippen LogP contribution in [-0.2, 0) is 19.1 Å². The van der Waals surface area contributed by atoms with Crippen molar-refractivity contribution in [1.82, 2.24) is 10.6 Å². The van der Waals surface area contributed by atoms with Crippen molar-refractivity contribution in [3.63, 3.8) is 0 Å². The van der Waals surface area contributed by atoms with Crippen LogP contribution in [0.25, 0.3) is 11.1 Å². The maximum absolute atomic E-state index is 12.4. The highest BCUT2D eigenvalue weighted by molar-refractivity contribution is 5.89. The zero-order valence-electron chi connectivity index (χ0n) is 30.8. The number of alkyl carbamates (subject to hydrolysis) is 1. The first-order valence-electron chi connectivity index (χ1n) is 18.6. The van der Waals surface area contributed by atoms with Crippen molar-refractivity contribution < 1.29 is 38.5 Å². The van der Waals surface area contributed by atoms with Gasteiger partial charge < -0.3 is 30.0 Å². The molecule has 52 heavy (non-hydrogen) atoms. The van der Waals surface area contributed by atoms with Gasteiger partial charge in [-0.05, 0) is 86.6 Å². The van der Waals surface area contributed by atoms with Crippen molar-refractivity contribution in [2.24, 2.45) is 0 Å². The molecular weight excluding hydrogens is 660 g/mol. The van der Waals surface area contributed by atoms with E-state index in [2.05, 4.69) is 22.8 Å². The number of amides is 2. The molecule has 1 aliphatic rings. The molecule has 0 spiro atoms. The molecule has 3 aromatic carbocycles. The minimum absolute atomic E-state index is 0.0559. The molecule has 3 N–H and O–H groups in total. The standard InChI is InChI=1S/C42H54N2O8/c1-42(2,3)52-40(48)30-22-24-31(25-23-30)50-28-16-10-8-6-4-5-7-9-11-21-38(45)44-37(39(46)47)26-27-43-41(49)51-29-36-34-19-14-12-17-32(34)33-18-13-15-20-35(33)36/h12-15,17-20,22-25,36-37H,4-11,16,21,26-29H2,1-3H3,(H,43,49)(H,44,45)(H,46,47)/t37-/m0/s1. The molecule has 0 aromatic heterocycles. The van der Waals surface area contributed by atoms with Gasteiger partial charge in [-0.2, -0.15) is 0 Å². The van der Waals surface area contributed by atoms with Gasteiger partial charge in [-0.3, -0.25) is 4.79 Å². The molecule has 0 fully saturated rings. The van der Waals surface area contributed by atoms with E-state index in [0.29, 0.717) is 18.6 Å². The van der Waals surface area contributed by atoms with Gasteiger partial charge in [0.1, 0.15) is 24.0 Å². The van der Waals surface area contributed by atoms with E-state index in [-0.39, 0.29) is 43.8 Å². The van der Waals surface area contributed by atoms with Gasteiger partial charge in [0.25, 0.3) is 0 Å². The molecule has 0 heterocycles. The molecule has 280 valence electrons. The van der Waals surface area contributed by atoms with Crippen LogP contribution >= 0.6 is 0 Å². The van der Waals surface area contributed by atoms with Gasteiger partial charge in [0, 0.05) is 18.9 Å². The lowest BCUT2D eigenvalue weighted by atomic mass is 9.98. The smallest absolute Gasteiger partial charge is 0.407 e. The van der Waals surface area contributed by atoms with Crippen LogP contribution in [0.2, 0.25) is 0 Å². The molecule has 10 heteroatoms. The van der Waals surface area contributed by atoms with Crippen LogP contribution in [0, 0.1) is 0 Å². The fourth-order valence-electron chi connectivity index (χ4n) is 6.33. The monoisotopic (exact) mass is 714 g/mol. The SMILES string of the molecule is CC(C)(C)OC(=O)c1ccc(OCCCCCCCCCCCC(=O)N[C@@H](CCNC(=O)OCC2c3ccccc3-c3ccccc32)C(=O)O)cc1. The maximum atomic E-state index is 12.4. The van der Waals surface area contributed by atoms with Gasteiger partial charge in [0.2, 0.25) is 5.91 Å². The van der Waals surface area contributed by atoms with Crippen molar-refractivity contribution in [1.29, 1.82) is 0 Å². The lowest BCUT2D eigenvalue weighted by molar-refractivity contribution is -0.142. The number of hydrogen-bond acceptors (Lipinski definition) is 7. The summed E-state index contributed by atoms with van der Waals surface area (Å²) >= 11 is 0. The van der Waals surface area contributed by atoms with E-state index in [4.69, 9.17) is 14.2 Å². The van der Waals surface area contributed by atoms with E-state index < -0.39 is 23.7 Å². The van der Waals surface area contributed by atoms with Gasteiger partial charge in [-0.1, -0.05) is 93.5 Å². The summed E-state index contributed by atoms with van der Waals surface area (Å²) in [6.07, 6.45) is 8.92. The topological polar surface area (TPSA) is 140 Å². The molecule has 0 saturated carbocycles. The first kappa shape index (κ1) is 39.9. The molecule has 0 aliphatic heterocycles. The highest BCUT2D eigenvalue weighted by atomic mass is 16.6. The third kappa shape index (κ3) is 13.0. The summed E-state index contributed by atoms with van der Waals surface area (Å²) in [5.74, 6) is -1.10. The van der Waals surface area contributed by atoms with Crippen molar-refractivity contribution in [2.75, 3.05) is 19.8 Å². The summed E-state index contributed by atoms with van der Waals surface area (Å²) in [7, 11) is 0. The second-order valence-electron chi connectivity index (χ2n) is 14.3. The first-order valence-corrected chi connectivity index (χ1v) is 18.6. The number of esters is 1. The van der Waals surface area contributed by atoms with Crippen LogP contribution in [0.3, 0.4) is 0 Å². The number of benzene rings is 3. The highest BCUT2D eigenvalue weighted by Gasteiger charge is 2.29. The Bertz CT molecular complexity index is 1570. The second-order valence-corrected chi connectivity index (χ2v) is 14.3. The van der Waals surface area contributed by atoms with E-state index >= 15 is 0 Å². The Balaban J connectivity index is 0.986. The van der Waals surface area contributed by atoms with E-state index in [9.17, 15) is 24.3 Å². The molecule has 0 saturated heterocycles. The number of carbonyl (C=O) groups excluding carboxylic acids is 3. The Morgan fingerprint density at radius 1 is 0.750 bits per heavy atom. The van der Waals surface area contributed by atoms with E-state index in [1.54, 1.807) is 24.3 Å². The van der Waals surface area contributed by atoms with Crippen molar-refractivity contribution in [2.45, 2.75) is 109 Å². The highest BCUT2D eigenvalue weighted by Crippen LogP contribution is 2.44. The van der Waals surface area contributed by atoms with E-state index in [1.807, 2.05) is 57.2 Å². The average molecular weight is 715 g/mol. The van der Waals surface area contributed by atoms with Crippen LogP contribution < -0.4 is 15.4 Å². The maximum Gasteiger partial charge on any atom is 0.407 e. The Morgan fingerprint density at radius 3 is 1.88 bits per heavy atom. The minimum Gasteiger partial charge on any atom is -0.494 e. The summed E-state index contributed by atoms with van der Waals surface area (Å²) in [6, 6.07) is 22.1. The number of carboxylic acids is 1. The predicted molar refractivity (Wildman–Crippen MR) is 201 cm³/mol. The molecule has 2 amide bonds. The lowest BCUT2D eigenvalue weighted by Crippen LogP contribution is -2.43. The minimum atomic E-state index is -1.14. The summed E-state index contributed by atoms with van der Waals surface area (Å²) in [5.41, 5.74) is 4.49. The number of nitrogens with one attached hydrogen (secondary N) is 2. The largest absolute Gasteiger partial charge is 0.494 e. The normalized spacial score (nSPS) is 12.7. The fraction of sp³-hybridized carbons (Fsp3) is 0.476. The molecule has 4 rings (SSSR count).